The predicted octanol–water partition coefficient (Wildman–Crippen LogP) is 1.88. The van der Waals surface area contributed by atoms with Crippen molar-refractivity contribution < 1.29 is 0 Å². The summed E-state index contributed by atoms with van der Waals surface area (Å²) in [5.74, 6) is 0.880. The van der Waals surface area contributed by atoms with Crippen LogP contribution in [0.1, 0.15) is 24.4 Å². The Balaban J connectivity index is 2.19. The summed E-state index contributed by atoms with van der Waals surface area (Å²) in [5, 5.41) is 11.3. The van der Waals surface area contributed by atoms with Gasteiger partial charge in [0.25, 0.3) is 0 Å². The lowest BCUT2D eigenvalue weighted by Crippen LogP contribution is -2.13. The molecule has 1 heterocycles. The van der Waals surface area contributed by atoms with Crippen molar-refractivity contribution in [3.63, 3.8) is 0 Å². The highest BCUT2D eigenvalue weighted by atomic mass is 15.3. The predicted molar refractivity (Wildman–Crippen MR) is 68.6 cm³/mol. The Labute approximate surface area is 101 Å². The van der Waals surface area contributed by atoms with Gasteiger partial charge in [-0.15, -0.1) is 10.2 Å². The zero-order chi connectivity index (χ0) is 12.4. The summed E-state index contributed by atoms with van der Waals surface area (Å²) in [5.41, 5.74) is 8.78. The number of nitrogens with one attached hydrogen (secondary N) is 1. The fourth-order valence-electron chi connectivity index (χ4n) is 1.80. The number of aromatic nitrogens is 3. The van der Waals surface area contributed by atoms with E-state index in [1.165, 1.54) is 0 Å². The lowest BCUT2D eigenvalue weighted by Gasteiger charge is -2.16. The third kappa shape index (κ3) is 2.38. The summed E-state index contributed by atoms with van der Waals surface area (Å²) in [6.07, 6.45) is 1.69. The lowest BCUT2D eigenvalue weighted by atomic mass is 10.2. The van der Waals surface area contributed by atoms with Gasteiger partial charge in [0.05, 0.1) is 17.4 Å². The Bertz CT molecular complexity index is 517. The van der Waals surface area contributed by atoms with Gasteiger partial charge in [-0.2, -0.15) is 0 Å². The Kier molecular flexibility index (Phi) is 2.99. The van der Waals surface area contributed by atoms with Crippen LogP contribution in [0, 0.1) is 6.92 Å². The van der Waals surface area contributed by atoms with E-state index >= 15 is 0 Å². The number of anilines is 2. The van der Waals surface area contributed by atoms with Gasteiger partial charge in [-0.25, -0.2) is 0 Å². The minimum absolute atomic E-state index is 0.0625. The summed E-state index contributed by atoms with van der Waals surface area (Å²) in [7, 11) is 1.92. The van der Waals surface area contributed by atoms with Crippen molar-refractivity contribution in [1.29, 1.82) is 0 Å². The van der Waals surface area contributed by atoms with Crippen LogP contribution >= 0.6 is 0 Å². The van der Waals surface area contributed by atoms with Gasteiger partial charge in [0.1, 0.15) is 6.33 Å². The van der Waals surface area contributed by atoms with E-state index in [0.717, 1.165) is 22.8 Å². The fourth-order valence-corrected chi connectivity index (χ4v) is 1.80. The number of nitrogens with zero attached hydrogens (tertiary/aromatic N) is 3. The number of aryl methyl sites for hydroxylation is 2. The monoisotopic (exact) mass is 231 g/mol. The molecule has 1 aromatic heterocycles. The van der Waals surface area contributed by atoms with Crippen LogP contribution in [0.4, 0.5) is 11.4 Å². The summed E-state index contributed by atoms with van der Waals surface area (Å²) < 4.78 is 1.89. The quantitative estimate of drug-likeness (QED) is 0.791. The van der Waals surface area contributed by atoms with Crippen molar-refractivity contribution in [2.24, 2.45) is 7.05 Å². The van der Waals surface area contributed by atoms with Crippen LogP contribution in [-0.4, -0.2) is 14.8 Å². The second kappa shape index (κ2) is 4.45. The van der Waals surface area contributed by atoms with Crippen molar-refractivity contribution in [2.45, 2.75) is 19.9 Å². The number of benzene rings is 1. The number of nitrogens with two attached hydrogens (primary N) is 1. The molecule has 0 bridgehead atoms. The number of hydrogen-bond donors (Lipinski definition) is 2. The molecule has 0 aliphatic carbocycles. The van der Waals surface area contributed by atoms with Gasteiger partial charge in [0, 0.05) is 7.05 Å². The minimum atomic E-state index is 0.0625. The maximum absolute atomic E-state index is 5.96. The molecular weight excluding hydrogens is 214 g/mol. The number of rotatable bonds is 3. The van der Waals surface area contributed by atoms with Crippen molar-refractivity contribution in [1.82, 2.24) is 14.8 Å². The van der Waals surface area contributed by atoms with Gasteiger partial charge in [-0.3, -0.25) is 0 Å². The molecule has 1 atom stereocenters. The van der Waals surface area contributed by atoms with Gasteiger partial charge < -0.3 is 15.6 Å². The van der Waals surface area contributed by atoms with E-state index in [4.69, 9.17) is 5.73 Å². The summed E-state index contributed by atoms with van der Waals surface area (Å²) >= 11 is 0. The number of nitrogen functional groups attached to an aromatic ring is 1. The van der Waals surface area contributed by atoms with Gasteiger partial charge in [-0.05, 0) is 31.5 Å². The number of hydrogen-bond acceptors (Lipinski definition) is 4. The van der Waals surface area contributed by atoms with Crippen LogP contribution in [0.2, 0.25) is 0 Å². The first kappa shape index (κ1) is 11.4. The smallest absolute Gasteiger partial charge is 0.154 e. The molecule has 2 rings (SSSR count). The lowest BCUT2D eigenvalue weighted by molar-refractivity contribution is 0.719. The van der Waals surface area contributed by atoms with Crippen LogP contribution in [0.15, 0.2) is 24.5 Å². The van der Waals surface area contributed by atoms with E-state index in [1.54, 1.807) is 6.33 Å². The Morgan fingerprint density at radius 3 is 2.76 bits per heavy atom. The molecule has 0 spiro atoms. The molecule has 1 aromatic carbocycles. The molecular formula is C12H17N5. The average Bonchev–Trinajstić information content (AvgIpc) is 2.68. The van der Waals surface area contributed by atoms with E-state index in [1.807, 2.05) is 43.7 Å². The zero-order valence-corrected chi connectivity index (χ0v) is 10.3. The van der Waals surface area contributed by atoms with Crippen LogP contribution in [0.25, 0.3) is 0 Å². The van der Waals surface area contributed by atoms with E-state index in [-0.39, 0.29) is 6.04 Å². The van der Waals surface area contributed by atoms with Gasteiger partial charge >= 0.3 is 0 Å². The largest absolute Gasteiger partial charge is 0.397 e. The van der Waals surface area contributed by atoms with Crippen molar-refractivity contribution >= 4 is 11.4 Å². The average molecular weight is 231 g/mol. The summed E-state index contributed by atoms with van der Waals surface area (Å²) in [4.78, 5) is 0. The maximum Gasteiger partial charge on any atom is 0.154 e. The molecule has 0 radical (unpaired) electrons. The highest BCUT2D eigenvalue weighted by molar-refractivity contribution is 5.67. The molecule has 3 N–H and O–H groups in total. The molecule has 1 unspecified atom stereocenters. The van der Waals surface area contributed by atoms with Crippen LogP contribution in [-0.2, 0) is 7.05 Å². The molecule has 90 valence electrons. The van der Waals surface area contributed by atoms with Crippen LogP contribution in [0.5, 0.6) is 0 Å². The van der Waals surface area contributed by atoms with E-state index in [9.17, 15) is 0 Å². The molecule has 5 heteroatoms. The van der Waals surface area contributed by atoms with Gasteiger partial charge in [0.2, 0.25) is 0 Å². The first-order valence-corrected chi connectivity index (χ1v) is 5.54. The Morgan fingerprint density at radius 1 is 1.41 bits per heavy atom. The fraction of sp³-hybridized carbons (Fsp3) is 0.333. The Hall–Kier alpha value is -2.04. The third-order valence-electron chi connectivity index (χ3n) is 2.71. The summed E-state index contributed by atoms with van der Waals surface area (Å²) in [6, 6.07) is 6.03. The van der Waals surface area contributed by atoms with Gasteiger partial charge in [-0.1, -0.05) is 6.07 Å². The molecule has 2 aromatic rings. The molecule has 0 fully saturated rings. The molecule has 17 heavy (non-hydrogen) atoms. The Morgan fingerprint density at radius 2 is 2.18 bits per heavy atom. The zero-order valence-electron chi connectivity index (χ0n) is 10.3. The second-order valence-electron chi connectivity index (χ2n) is 4.26. The maximum atomic E-state index is 5.96. The molecule has 0 aliphatic rings. The molecule has 5 nitrogen and oxygen atoms in total. The van der Waals surface area contributed by atoms with Gasteiger partial charge in [0.15, 0.2) is 5.82 Å². The molecule has 0 amide bonds. The third-order valence-corrected chi connectivity index (χ3v) is 2.71. The first-order valence-electron chi connectivity index (χ1n) is 5.54. The first-order chi connectivity index (χ1) is 8.08. The second-order valence-corrected chi connectivity index (χ2v) is 4.26. The normalized spacial score (nSPS) is 12.4. The van der Waals surface area contributed by atoms with Crippen molar-refractivity contribution in [3.05, 3.63) is 35.9 Å². The summed E-state index contributed by atoms with van der Waals surface area (Å²) in [6.45, 7) is 4.05. The topological polar surface area (TPSA) is 68.8 Å². The van der Waals surface area contributed by atoms with Crippen LogP contribution in [0.3, 0.4) is 0 Å². The highest BCUT2D eigenvalue weighted by Crippen LogP contribution is 2.23. The van der Waals surface area contributed by atoms with E-state index in [0.29, 0.717) is 0 Å². The van der Waals surface area contributed by atoms with Crippen molar-refractivity contribution in [3.8, 4) is 0 Å². The standard InChI is InChI=1S/C12H17N5/c1-8-4-5-11(10(13)6-8)15-9(2)12-16-14-7-17(12)3/h4-7,9,15H,13H2,1-3H3. The molecule has 0 aliphatic heterocycles. The van der Waals surface area contributed by atoms with E-state index < -0.39 is 0 Å². The molecule has 0 saturated carbocycles. The van der Waals surface area contributed by atoms with Crippen LogP contribution < -0.4 is 11.1 Å². The highest BCUT2D eigenvalue weighted by Gasteiger charge is 2.12. The van der Waals surface area contributed by atoms with Crippen molar-refractivity contribution in [2.75, 3.05) is 11.1 Å². The minimum Gasteiger partial charge on any atom is -0.397 e. The molecule has 0 saturated heterocycles. The van der Waals surface area contributed by atoms with E-state index in [2.05, 4.69) is 15.5 Å². The SMILES string of the molecule is Cc1ccc(NC(C)c2nncn2C)c(N)c1.